The van der Waals surface area contributed by atoms with Crippen molar-refractivity contribution in [1.29, 1.82) is 0 Å². The molecule has 1 saturated carbocycles. The Kier molecular flexibility index (Phi) is 3.85. The Balaban J connectivity index is 2.11. The molecule has 0 amide bonds. The van der Waals surface area contributed by atoms with Crippen molar-refractivity contribution in [3.05, 3.63) is 35.4 Å². The van der Waals surface area contributed by atoms with Crippen LogP contribution in [0.2, 0.25) is 0 Å². The van der Waals surface area contributed by atoms with Gasteiger partial charge >= 0.3 is 0 Å². The first-order chi connectivity index (χ1) is 8.13. The largest absolute Gasteiger partial charge is 0.329 e. The van der Waals surface area contributed by atoms with E-state index in [4.69, 9.17) is 5.73 Å². The van der Waals surface area contributed by atoms with Crippen molar-refractivity contribution < 1.29 is 0 Å². The zero-order valence-corrected chi connectivity index (χ0v) is 11.2. The highest BCUT2D eigenvalue weighted by Crippen LogP contribution is 2.37. The fourth-order valence-corrected chi connectivity index (χ4v) is 2.52. The lowest BCUT2D eigenvalue weighted by Gasteiger charge is -2.33. The van der Waals surface area contributed by atoms with Crippen molar-refractivity contribution in [3.63, 3.8) is 0 Å². The number of benzene rings is 1. The number of rotatable bonds is 5. The molecule has 0 saturated heterocycles. The van der Waals surface area contributed by atoms with Gasteiger partial charge in [0.2, 0.25) is 0 Å². The summed E-state index contributed by atoms with van der Waals surface area (Å²) in [5.41, 5.74) is 8.61. The van der Waals surface area contributed by atoms with Gasteiger partial charge < -0.3 is 5.73 Å². The highest BCUT2D eigenvalue weighted by atomic mass is 15.2. The molecule has 17 heavy (non-hydrogen) atoms. The molecule has 0 heterocycles. The highest BCUT2D eigenvalue weighted by Gasteiger charge is 2.33. The van der Waals surface area contributed by atoms with Gasteiger partial charge in [0.25, 0.3) is 0 Å². The third kappa shape index (κ3) is 2.88. The second-order valence-corrected chi connectivity index (χ2v) is 5.41. The van der Waals surface area contributed by atoms with Crippen molar-refractivity contribution in [2.45, 2.75) is 38.8 Å². The summed E-state index contributed by atoms with van der Waals surface area (Å²) in [5.74, 6) is 0.888. The molecule has 0 spiro atoms. The maximum Gasteiger partial charge on any atom is 0.0470 e. The van der Waals surface area contributed by atoms with Crippen molar-refractivity contribution >= 4 is 0 Å². The van der Waals surface area contributed by atoms with Gasteiger partial charge in [0.05, 0.1) is 0 Å². The van der Waals surface area contributed by atoms with Crippen molar-refractivity contribution in [1.82, 2.24) is 4.90 Å². The van der Waals surface area contributed by atoms with Crippen LogP contribution in [0, 0.1) is 12.8 Å². The van der Waals surface area contributed by atoms with Gasteiger partial charge in [-0.3, -0.25) is 4.90 Å². The second-order valence-electron chi connectivity index (χ2n) is 5.41. The van der Waals surface area contributed by atoms with E-state index in [0.717, 1.165) is 5.92 Å². The topological polar surface area (TPSA) is 29.3 Å². The molecule has 1 aliphatic carbocycles. The number of likely N-dealkylation sites (N-methyl/N-ethyl adjacent to an activating group) is 1. The van der Waals surface area contributed by atoms with E-state index in [2.05, 4.69) is 50.1 Å². The molecule has 1 aromatic carbocycles. The van der Waals surface area contributed by atoms with Gasteiger partial charge in [-0.1, -0.05) is 29.8 Å². The third-order valence-corrected chi connectivity index (χ3v) is 4.12. The number of aryl methyl sites for hydroxylation is 1. The zero-order valence-electron chi connectivity index (χ0n) is 11.2. The van der Waals surface area contributed by atoms with Gasteiger partial charge in [-0.15, -0.1) is 0 Å². The first-order valence-electron chi connectivity index (χ1n) is 6.62. The molecule has 2 heteroatoms. The fraction of sp³-hybridized carbons (Fsp3) is 0.600. The molecule has 1 fully saturated rings. The smallest absolute Gasteiger partial charge is 0.0470 e. The maximum atomic E-state index is 5.96. The molecule has 2 N–H and O–H groups in total. The van der Waals surface area contributed by atoms with Crippen molar-refractivity contribution in [2.24, 2.45) is 11.7 Å². The third-order valence-electron chi connectivity index (χ3n) is 4.12. The minimum absolute atomic E-state index is 0.353. The lowest BCUT2D eigenvalue weighted by Crippen LogP contribution is -2.38. The molecule has 0 aliphatic heterocycles. The van der Waals surface area contributed by atoms with Crippen molar-refractivity contribution in [3.8, 4) is 0 Å². The number of hydrogen-bond donors (Lipinski definition) is 1. The molecular formula is C15H24N2. The average Bonchev–Trinajstić information content (AvgIpc) is 3.15. The Morgan fingerprint density at radius 3 is 2.35 bits per heavy atom. The molecule has 94 valence electrons. The lowest BCUT2D eigenvalue weighted by atomic mass is 10.0. The molecule has 0 radical (unpaired) electrons. The Hall–Kier alpha value is -0.860. The minimum Gasteiger partial charge on any atom is -0.329 e. The van der Waals surface area contributed by atoms with Crippen LogP contribution in [0.25, 0.3) is 0 Å². The first-order valence-corrected chi connectivity index (χ1v) is 6.62. The van der Waals surface area contributed by atoms with Gasteiger partial charge in [0, 0.05) is 18.6 Å². The molecule has 2 atom stereocenters. The van der Waals surface area contributed by atoms with E-state index in [1.807, 2.05) is 0 Å². The van der Waals surface area contributed by atoms with Crippen LogP contribution < -0.4 is 5.73 Å². The van der Waals surface area contributed by atoms with Gasteiger partial charge in [-0.25, -0.2) is 0 Å². The monoisotopic (exact) mass is 232 g/mol. The van der Waals surface area contributed by atoms with Crippen LogP contribution in [-0.2, 0) is 0 Å². The van der Waals surface area contributed by atoms with E-state index in [1.165, 1.54) is 24.0 Å². The lowest BCUT2D eigenvalue weighted by molar-refractivity contribution is 0.171. The standard InChI is InChI=1S/C15H24N2/c1-11-4-6-14(7-5-11)15(10-16)17(3)12(2)13-8-9-13/h4-7,12-13,15H,8-10,16H2,1-3H3. The summed E-state index contributed by atoms with van der Waals surface area (Å²) in [6, 6.07) is 9.77. The predicted octanol–water partition coefficient (Wildman–Crippen LogP) is 2.73. The molecule has 2 rings (SSSR count). The molecule has 2 unspecified atom stereocenters. The SMILES string of the molecule is Cc1ccc(C(CN)N(C)C(C)C2CC2)cc1. The Morgan fingerprint density at radius 2 is 1.88 bits per heavy atom. The predicted molar refractivity (Wildman–Crippen MR) is 72.9 cm³/mol. The van der Waals surface area contributed by atoms with E-state index in [0.29, 0.717) is 18.6 Å². The Bertz CT molecular complexity index is 354. The summed E-state index contributed by atoms with van der Waals surface area (Å²) in [6.45, 7) is 5.14. The molecule has 2 nitrogen and oxygen atoms in total. The zero-order chi connectivity index (χ0) is 12.4. The molecule has 1 aromatic rings. The number of nitrogens with zero attached hydrogens (tertiary/aromatic N) is 1. The summed E-state index contributed by atoms with van der Waals surface area (Å²) < 4.78 is 0. The summed E-state index contributed by atoms with van der Waals surface area (Å²) in [6.07, 6.45) is 2.77. The van der Waals surface area contributed by atoms with Crippen LogP contribution in [0.3, 0.4) is 0 Å². The summed E-state index contributed by atoms with van der Waals surface area (Å²) in [4.78, 5) is 2.45. The average molecular weight is 232 g/mol. The van der Waals surface area contributed by atoms with Crippen LogP contribution in [-0.4, -0.2) is 24.5 Å². The maximum absolute atomic E-state index is 5.96. The van der Waals surface area contributed by atoms with Crippen molar-refractivity contribution in [2.75, 3.05) is 13.6 Å². The Morgan fingerprint density at radius 1 is 1.29 bits per heavy atom. The molecule has 1 aliphatic rings. The van der Waals surface area contributed by atoms with Crippen LogP contribution in [0.5, 0.6) is 0 Å². The van der Waals surface area contributed by atoms with E-state index in [-0.39, 0.29) is 0 Å². The molecule has 0 bridgehead atoms. The van der Waals surface area contributed by atoms with Crippen LogP contribution >= 0.6 is 0 Å². The van der Waals surface area contributed by atoms with E-state index in [1.54, 1.807) is 0 Å². The van der Waals surface area contributed by atoms with E-state index in [9.17, 15) is 0 Å². The normalized spacial score (nSPS) is 19.4. The van der Waals surface area contributed by atoms with E-state index >= 15 is 0 Å². The van der Waals surface area contributed by atoms with Gasteiger partial charge in [-0.2, -0.15) is 0 Å². The number of nitrogens with two attached hydrogens (primary N) is 1. The number of hydrogen-bond acceptors (Lipinski definition) is 2. The highest BCUT2D eigenvalue weighted by molar-refractivity contribution is 5.24. The summed E-state index contributed by atoms with van der Waals surface area (Å²) in [5, 5.41) is 0. The van der Waals surface area contributed by atoms with Crippen LogP contribution in [0.4, 0.5) is 0 Å². The minimum atomic E-state index is 0.353. The molecule has 0 aromatic heterocycles. The summed E-state index contributed by atoms with van der Waals surface area (Å²) >= 11 is 0. The van der Waals surface area contributed by atoms with E-state index < -0.39 is 0 Å². The Labute approximate surface area is 105 Å². The van der Waals surface area contributed by atoms with Gasteiger partial charge in [0.15, 0.2) is 0 Å². The fourth-order valence-electron chi connectivity index (χ4n) is 2.52. The summed E-state index contributed by atoms with van der Waals surface area (Å²) in [7, 11) is 2.21. The molecular weight excluding hydrogens is 208 g/mol. The quantitative estimate of drug-likeness (QED) is 0.846. The van der Waals surface area contributed by atoms with Gasteiger partial charge in [-0.05, 0) is 45.2 Å². The first kappa shape index (κ1) is 12.6. The second kappa shape index (κ2) is 5.19. The van der Waals surface area contributed by atoms with Gasteiger partial charge in [0.1, 0.15) is 0 Å². The van der Waals surface area contributed by atoms with Crippen LogP contribution in [0.15, 0.2) is 24.3 Å². The van der Waals surface area contributed by atoms with Crippen LogP contribution in [0.1, 0.15) is 36.9 Å².